The zero-order chi connectivity index (χ0) is 18.9. The summed E-state index contributed by atoms with van der Waals surface area (Å²) in [6.45, 7) is 13.8. The first-order valence-corrected chi connectivity index (χ1v) is 9.34. The summed E-state index contributed by atoms with van der Waals surface area (Å²) in [5, 5.41) is 3.27. The van der Waals surface area contributed by atoms with Crippen molar-refractivity contribution in [2.45, 2.75) is 71.0 Å². The quantitative estimate of drug-likeness (QED) is 0.377. The van der Waals surface area contributed by atoms with E-state index in [1.54, 1.807) is 0 Å². The summed E-state index contributed by atoms with van der Waals surface area (Å²) in [5.41, 5.74) is 1.79. The molecule has 2 nitrogen and oxygen atoms in total. The number of nitrogens with zero attached hydrogens (tertiary/aromatic N) is 1. The first kappa shape index (κ1) is 21.7. The van der Waals surface area contributed by atoms with E-state index in [9.17, 15) is 13.2 Å². The van der Waals surface area contributed by atoms with Crippen LogP contribution in [-0.2, 0) is 0 Å². The fraction of sp³-hybridized carbons (Fsp3) is 0.700. The van der Waals surface area contributed by atoms with Gasteiger partial charge in [-0.25, -0.2) is 0 Å². The second kappa shape index (κ2) is 10.6. The maximum absolute atomic E-state index is 12.9. The van der Waals surface area contributed by atoms with Crippen LogP contribution in [0.5, 0.6) is 0 Å². The number of alkyl halides is 3. The second-order valence-electron chi connectivity index (χ2n) is 6.98. The fourth-order valence-corrected chi connectivity index (χ4v) is 3.32. The Bertz CT molecular complexity index is 460. The Labute approximate surface area is 152 Å². The van der Waals surface area contributed by atoms with Crippen molar-refractivity contribution in [2.24, 2.45) is 5.92 Å². The number of allylic oxidation sites excluding steroid dienone is 2. The molecular formula is C20H35F3N2. The maximum atomic E-state index is 12.9. The van der Waals surface area contributed by atoms with Gasteiger partial charge in [-0.1, -0.05) is 32.4 Å². The number of unbranched alkanes of at least 4 members (excludes halogenated alkanes) is 1. The van der Waals surface area contributed by atoms with Gasteiger partial charge in [-0.15, -0.1) is 6.58 Å². The van der Waals surface area contributed by atoms with Gasteiger partial charge in [0.1, 0.15) is 0 Å². The highest BCUT2D eigenvalue weighted by molar-refractivity contribution is 5.18. The van der Waals surface area contributed by atoms with E-state index in [1.165, 1.54) is 0 Å². The molecule has 1 aliphatic rings. The van der Waals surface area contributed by atoms with E-state index in [0.717, 1.165) is 50.2 Å². The highest BCUT2D eigenvalue weighted by Gasteiger charge is 2.42. The molecule has 0 aromatic heterocycles. The Morgan fingerprint density at radius 1 is 1.32 bits per heavy atom. The van der Waals surface area contributed by atoms with E-state index < -0.39 is 12.1 Å². The Kier molecular flexibility index (Phi) is 9.15. The SMILES string of the molecule is C=CCCN(CCCC)C(=C)/C=C(/C)NC1CCCC(C(F)(F)F)C1.[HH]. The summed E-state index contributed by atoms with van der Waals surface area (Å²) < 4.78 is 38.8. The summed E-state index contributed by atoms with van der Waals surface area (Å²) in [4.78, 5) is 2.22. The summed E-state index contributed by atoms with van der Waals surface area (Å²) in [6, 6.07) is -0.110. The molecule has 0 aromatic rings. The van der Waals surface area contributed by atoms with E-state index in [4.69, 9.17) is 0 Å². The molecule has 1 N–H and O–H groups in total. The Hall–Kier alpha value is -1.39. The molecule has 1 rings (SSSR count). The number of halogens is 3. The van der Waals surface area contributed by atoms with Gasteiger partial charge < -0.3 is 10.2 Å². The predicted molar refractivity (Wildman–Crippen MR) is 101 cm³/mol. The lowest BCUT2D eigenvalue weighted by molar-refractivity contribution is -0.183. The molecule has 1 aliphatic carbocycles. The first-order valence-electron chi connectivity index (χ1n) is 9.34. The smallest absolute Gasteiger partial charge is 0.386 e. The van der Waals surface area contributed by atoms with Crippen molar-refractivity contribution in [1.29, 1.82) is 0 Å². The average molecular weight is 361 g/mol. The summed E-state index contributed by atoms with van der Waals surface area (Å²) in [5.74, 6) is -1.18. The minimum absolute atomic E-state index is 0. The standard InChI is InChI=1S/C20H33F3N2.H2/c1-5-7-12-25(13-8-6-2)17(4)14-16(3)24-19-11-9-10-18(15-19)20(21,22)23;/h5,14,18-19,24H,1,4,6-13,15H2,2-3H3;1H/b16-14-;. The van der Waals surface area contributed by atoms with Gasteiger partial charge in [0.25, 0.3) is 0 Å². The van der Waals surface area contributed by atoms with Gasteiger partial charge in [0.2, 0.25) is 0 Å². The molecule has 0 radical (unpaired) electrons. The van der Waals surface area contributed by atoms with Crippen LogP contribution < -0.4 is 5.32 Å². The zero-order valence-corrected chi connectivity index (χ0v) is 15.7. The van der Waals surface area contributed by atoms with Crippen LogP contribution in [0.1, 0.15) is 60.2 Å². The maximum Gasteiger partial charge on any atom is 0.391 e. The third-order valence-electron chi connectivity index (χ3n) is 4.74. The van der Waals surface area contributed by atoms with Gasteiger partial charge in [-0.2, -0.15) is 13.2 Å². The van der Waals surface area contributed by atoms with E-state index >= 15 is 0 Å². The van der Waals surface area contributed by atoms with E-state index in [0.29, 0.717) is 6.42 Å². The monoisotopic (exact) mass is 360 g/mol. The summed E-state index contributed by atoms with van der Waals surface area (Å²) in [6.07, 6.45) is 4.68. The van der Waals surface area contributed by atoms with Crippen molar-refractivity contribution in [3.8, 4) is 0 Å². The third kappa shape index (κ3) is 8.02. The molecule has 25 heavy (non-hydrogen) atoms. The second-order valence-corrected chi connectivity index (χ2v) is 6.98. The van der Waals surface area contributed by atoms with Crippen molar-refractivity contribution >= 4 is 0 Å². The van der Waals surface area contributed by atoms with Gasteiger partial charge >= 0.3 is 6.18 Å². The molecule has 0 spiro atoms. The van der Waals surface area contributed by atoms with Gasteiger partial charge in [0, 0.05) is 32.0 Å². The minimum Gasteiger partial charge on any atom is -0.386 e. The van der Waals surface area contributed by atoms with Crippen molar-refractivity contribution < 1.29 is 14.6 Å². The molecule has 0 aliphatic heterocycles. The Morgan fingerprint density at radius 2 is 2.04 bits per heavy atom. The van der Waals surface area contributed by atoms with Gasteiger partial charge in [0.15, 0.2) is 0 Å². The van der Waals surface area contributed by atoms with Crippen LogP contribution in [0.25, 0.3) is 0 Å². The lowest BCUT2D eigenvalue weighted by atomic mass is 9.85. The van der Waals surface area contributed by atoms with E-state index in [-0.39, 0.29) is 20.3 Å². The fourth-order valence-electron chi connectivity index (χ4n) is 3.32. The number of hydrogen-bond donors (Lipinski definition) is 1. The highest BCUT2D eigenvalue weighted by atomic mass is 19.4. The molecule has 146 valence electrons. The Morgan fingerprint density at radius 3 is 2.64 bits per heavy atom. The molecule has 0 amide bonds. The van der Waals surface area contributed by atoms with Crippen LogP contribution in [0, 0.1) is 5.92 Å². The number of rotatable bonds is 10. The van der Waals surface area contributed by atoms with Gasteiger partial charge in [-0.3, -0.25) is 0 Å². The lowest BCUT2D eigenvalue weighted by Gasteiger charge is -2.32. The molecule has 2 atom stereocenters. The largest absolute Gasteiger partial charge is 0.391 e. The molecule has 0 saturated heterocycles. The van der Waals surface area contributed by atoms with Crippen molar-refractivity contribution in [2.75, 3.05) is 13.1 Å². The van der Waals surface area contributed by atoms with Crippen molar-refractivity contribution in [3.63, 3.8) is 0 Å². The van der Waals surface area contributed by atoms with Gasteiger partial charge in [0.05, 0.1) is 5.92 Å². The third-order valence-corrected chi connectivity index (χ3v) is 4.74. The first-order chi connectivity index (χ1) is 11.8. The van der Waals surface area contributed by atoms with E-state index in [2.05, 4.69) is 30.3 Å². The topological polar surface area (TPSA) is 15.3 Å². The van der Waals surface area contributed by atoms with Crippen LogP contribution in [0.4, 0.5) is 13.2 Å². The zero-order valence-electron chi connectivity index (χ0n) is 15.7. The number of hydrogen-bond acceptors (Lipinski definition) is 2. The summed E-state index contributed by atoms with van der Waals surface area (Å²) in [7, 11) is 0. The van der Waals surface area contributed by atoms with Crippen LogP contribution in [0.3, 0.4) is 0 Å². The lowest BCUT2D eigenvalue weighted by Crippen LogP contribution is -2.38. The minimum atomic E-state index is -4.08. The van der Waals surface area contributed by atoms with Crippen LogP contribution in [0.2, 0.25) is 0 Å². The molecule has 2 unspecified atom stereocenters. The predicted octanol–water partition coefficient (Wildman–Crippen LogP) is 6.04. The van der Waals surface area contributed by atoms with Crippen LogP contribution in [0.15, 0.2) is 36.7 Å². The highest BCUT2D eigenvalue weighted by Crippen LogP contribution is 2.37. The van der Waals surface area contributed by atoms with Crippen molar-refractivity contribution in [3.05, 3.63) is 36.7 Å². The molecule has 5 heteroatoms. The number of nitrogens with one attached hydrogen (secondary N) is 1. The summed E-state index contributed by atoms with van der Waals surface area (Å²) >= 11 is 0. The van der Waals surface area contributed by atoms with Crippen LogP contribution >= 0.6 is 0 Å². The molecule has 1 fully saturated rings. The Balaban J connectivity index is 0.00000625. The molecule has 0 bridgehead atoms. The van der Waals surface area contributed by atoms with Crippen LogP contribution in [-0.4, -0.2) is 30.2 Å². The molecule has 0 heterocycles. The van der Waals surface area contributed by atoms with E-state index in [1.807, 2.05) is 19.1 Å². The molecular weight excluding hydrogens is 325 g/mol. The molecule has 0 aromatic carbocycles. The van der Waals surface area contributed by atoms with Crippen molar-refractivity contribution in [1.82, 2.24) is 10.2 Å². The van der Waals surface area contributed by atoms with Gasteiger partial charge in [-0.05, 0) is 45.1 Å². The average Bonchev–Trinajstić information content (AvgIpc) is 2.54. The normalized spacial score (nSPS) is 21.7. The molecule has 1 saturated carbocycles.